The highest BCUT2D eigenvalue weighted by molar-refractivity contribution is 7.80. The fraction of sp³-hybridized carbons (Fsp3) is 0.176. The Morgan fingerprint density at radius 2 is 1.77 bits per heavy atom. The molecule has 0 aliphatic heterocycles. The quantitative estimate of drug-likeness (QED) is 0.346. The second kappa shape index (κ2) is 9.11. The van der Waals surface area contributed by atoms with Gasteiger partial charge in [0, 0.05) is 16.3 Å². The number of nitrogens with one attached hydrogen (secondary N) is 3. The Hall–Kier alpha value is -1.24. The van der Waals surface area contributed by atoms with Crippen molar-refractivity contribution < 1.29 is 4.79 Å². The van der Waals surface area contributed by atoms with E-state index in [1.165, 1.54) is 0 Å². The minimum Gasteiger partial charge on any atom is -0.339 e. The van der Waals surface area contributed by atoms with Gasteiger partial charge in [0.1, 0.15) is 6.17 Å². The third-order valence-corrected chi connectivity index (χ3v) is 4.46. The molecule has 0 saturated carbocycles. The summed E-state index contributed by atoms with van der Waals surface area (Å²) in [5, 5.41) is 9.06. The number of alkyl halides is 3. The van der Waals surface area contributed by atoms with E-state index in [-0.39, 0.29) is 5.11 Å². The average molecular weight is 451 g/mol. The topological polar surface area (TPSA) is 53.2 Å². The smallest absolute Gasteiger partial charge is 0.253 e. The van der Waals surface area contributed by atoms with Gasteiger partial charge in [0.25, 0.3) is 5.91 Å². The first-order chi connectivity index (χ1) is 12.2. The predicted octanol–water partition coefficient (Wildman–Crippen LogP) is 5.06. The van der Waals surface area contributed by atoms with Crippen molar-refractivity contribution in [1.29, 1.82) is 0 Å². The number of rotatable bonds is 4. The zero-order valence-corrected chi connectivity index (χ0v) is 17.4. The van der Waals surface area contributed by atoms with Gasteiger partial charge in [-0.25, -0.2) is 0 Å². The van der Waals surface area contributed by atoms with Crippen LogP contribution < -0.4 is 16.0 Å². The summed E-state index contributed by atoms with van der Waals surface area (Å²) in [5.74, 6) is -0.391. The maximum Gasteiger partial charge on any atom is 0.253 e. The van der Waals surface area contributed by atoms with Gasteiger partial charge in [-0.05, 0) is 49.0 Å². The minimum atomic E-state index is -1.83. The van der Waals surface area contributed by atoms with Gasteiger partial charge in [0.15, 0.2) is 5.11 Å². The number of hydrogen-bond donors (Lipinski definition) is 3. The SMILES string of the molecule is Cc1ccccc1C(=O)N[C@@H](NC(=S)Nc1cccc(Cl)c1)C(Cl)(Cl)Cl. The van der Waals surface area contributed by atoms with Crippen molar-refractivity contribution in [3.05, 3.63) is 64.7 Å². The third kappa shape index (κ3) is 6.18. The number of carbonyl (C=O) groups excluding carboxylic acids is 1. The Bertz CT molecular complexity index is 811. The Morgan fingerprint density at radius 3 is 2.38 bits per heavy atom. The van der Waals surface area contributed by atoms with Crippen LogP contribution in [0.2, 0.25) is 5.02 Å². The van der Waals surface area contributed by atoms with Crippen LogP contribution in [0.4, 0.5) is 5.69 Å². The van der Waals surface area contributed by atoms with Crippen molar-refractivity contribution in [1.82, 2.24) is 10.6 Å². The summed E-state index contributed by atoms with van der Waals surface area (Å²) < 4.78 is -1.83. The van der Waals surface area contributed by atoms with Gasteiger partial charge in [-0.3, -0.25) is 4.79 Å². The summed E-state index contributed by atoms with van der Waals surface area (Å²) in [6, 6.07) is 14.0. The van der Waals surface area contributed by atoms with Crippen LogP contribution in [0.3, 0.4) is 0 Å². The maximum absolute atomic E-state index is 12.5. The molecule has 1 amide bonds. The molecule has 0 radical (unpaired) electrons. The first kappa shape index (κ1) is 21.1. The van der Waals surface area contributed by atoms with Crippen molar-refractivity contribution in [3.8, 4) is 0 Å². The number of hydrogen-bond acceptors (Lipinski definition) is 2. The molecular formula is C17H15Cl4N3OS. The lowest BCUT2D eigenvalue weighted by molar-refractivity contribution is 0.0934. The van der Waals surface area contributed by atoms with E-state index in [4.69, 9.17) is 58.6 Å². The Balaban J connectivity index is 2.09. The van der Waals surface area contributed by atoms with Crippen LogP contribution in [0.25, 0.3) is 0 Å². The average Bonchev–Trinajstić information content (AvgIpc) is 2.53. The minimum absolute atomic E-state index is 0.161. The van der Waals surface area contributed by atoms with Gasteiger partial charge in [-0.15, -0.1) is 0 Å². The highest BCUT2D eigenvalue weighted by Crippen LogP contribution is 2.29. The molecule has 0 spiro atoms. The number of halogens is 4. The molecule has 26 heavy (non-hydrogen) atoms. The van der Waals surface area contributed by atoms with Gasteiger partial charge >= 0.3 is 0 Å². The molecule has 138 valence electrons. The highest BCUT2D eigenvalue weighted by atomic mass is 35.6. The normalized spacial score (nSPS) is 12.2. The lowest BCUT2D eigenvalue weighted by atomic mass is 10.1. The molecule has 3 N–H and O–H groups in total. The molecule has 0 aromatic heterocycles. The third-order valence-electron chi connectivity index (χ3n) is 3.35. The van der Waals surface area contributed by atoms with Crippen LogP contribution in [0, 0.1) is 6.92 Å². The Labute approximate surface area is 177 Å². The second-order valence-corrected chi connectivity index (χ2v) is 8.59. The van der Waals surface area contributed by atoms with Gasteiger partial charge in [-0.1, -0.05) is 70.7 Å². The molecule has 2 rings (SSSR count). The van der Waals surface area contributed by atoms with Crippen LogP contribution in [0.1, 0.15) is 15.9 Å². The number of benzene rings is 2. The van der Waals surface area contributed by atoms with E-state index >= 15 is 0 Å². The summed E-state index contributed by atoms with van der Waals surface area (Å²) in [5.41, 5.74) is 1.93. The van der Waals surface area contributed by atoms with Crippen molar-refractivity contribution >= 4 is 75.3 Å². The van der Waals surface area contributed by atoms with Crippen molar-refractivity contribution in [2.75, 3.05) is 5.32 Å². The van der Waals surface area contributed by atoms with E-state index in [2.05, 4.69) is 16.0 Å². The van der Waals surface area contributed by atoms with Crippen molar-refractivity contribution in [2.24, 2.45) is 0 Å². The summed E-state index contributed by atoms with van der Waals surface area (Å²) in [6.07, 6.45) is -1.06. The lowest BCUT2D eigenvalue weighted by Crippen LogP contribution is -2.56. The molecule has 2 aromatic rings. The van der Waals surface area contributed by atoms with Crippen molar-refractivity contribution in [2.45, 2.75) is 16.9 Å². The van der Waals surface area contributed by atoms with E-state index < -0.39 is 15.9 Å². The highest BCUT2D eigenvalue weighted by Gasteiger charge is 2.35. The molecule has 0 aliphatic carbocycles. The second-order valence-electron chi connectivity index (χ2n) is 5.37. The first-order valence-corrected chi connectivity index (χ1v) is 9.35. The molecule has 0 bridgehead atoms. The summed E-state index contributed by atoms with van der Waals surface area (Å²) in [7, 11) is 0. The summed E-state index contributed by atoms with van der Waals surface area (Å²) in [6.45, 7) is 1.82. The van der Waals surface area contributed by atoms with Gasteiger partial charge in [0.2, 0.25) is 3.79 Å². The van der Waals surface area contributed by atoms with Gasteiger partial charge < -0.3 is 16.0 Å². The van der Waals surface area contributed by atoms with Crippen LogP contribution >= 0.6 is 58.6 Å². The fourth-order valence-corrected chi connectivity index (χ4v) is 2.85. The summed E-state index contributed by atoms with van der Waals surface area (Å²) in [4.78, 5) is 12.5. The Morgan fingerprint density at radius 1 is 1.08 bits per heavy atom. The number of anilines is 1. The molecule has 4 nitrogen and oxygen atoms in total. The number of aryl methyl sites for hydroxylation is 1. The van der Waals surface area contributed by atoms with Gasteiger partial charge in [-0.2, -0.15) is 0 Å². The van der Waals surface area contributed by atoms with Crippen molar-refractivity contribution in [3.63, 3.8) is 0 Å². The zero-order chi connectivity index (χ0) is 19.3. The molecule has 0 unspecified atom stereocenters. The van der Waals surface area contributed by atoms with E-state index in [0.717, 1.165) is 5.56 Å². The molecule has 0 aliphatic rings. The largest absolute Gasteiger partial charge is 0.339 e. The number of thiocarbonyl (C=S) groups is 1. The molecule has 0 heterocycles. The van der Waals surface area contributed by atoms with Crippen LogP contribution in [0.5, 0.6) is 0 Å². The van der Waals surface area contributed by atoms with Gasteiger partial charge in [0.05, 0.1) is 0 Å². The zero-order valence-electron chi connectivity index (χ0n) is 13.5. The molecular weight excluding hydrogens is 436 g/mol. The predicted molar refractivity (Wildman–Crippen MR) is 114 cm³/mol. The van der Waals surface area contributed by atoms with E-state index in [9.17, 15) is 4.79 Å². The van der Waals surface area contributed by atoms with Crippen LogP contribution in [-0.2, 0) is 0 Å². The first-order valence-electron chi connectivity index (χ1n) is 7.43. The standard InChI is InChI=1S/C17H15Cl4N3OS/c1-10-5-2-3-8-13(10)14(25)23-15(17(19,20)21)24-16(26)22-12-7-4-6-11(18)9-12/h2-9,15H,1H3,(H,23,25)(H2,22,24,26)/t15-/m0/s1. The summed E-state index contributed by atoms with van der Waals surface area (Å²) >= 11 is 29.1. The van der Waals surface area contributed by atoms with E-state index in [0.29, 0.717) is 16.3 Å². The van der Waals surface area contributed by atoms with E-state index in [1.54, 1.807) is 36.4 Å². The van der Waals surface area contributed by atoms with Crippen LogP contribution in [-0.4, -0.2) is 21.0 Å². The monoisotopic (exact) mass is 449 g/mol. The number of amides is 1. The number of carbonyl (C=O) groups is 1. The molecule has 0 saturated heterocycles. The van der Waals surface area contributed by atoms with Crippen LogP contribution in [0.15, 0.2) is 48.5 Å². The lowest BCUT2D eigenvalue weighted by Gasteiger charge is -2.28. The fourth-order valence-electron chi connectivity index (χ4n) is 2.10. The molecule has 0 fully saturated rings. The molecule has 1 atom stereocenters. The Kier molecular flexibility index (Phi) is 7.38. The molecule has 9 heteroatoms. The maximum atomic E-state index is 12.5. The van der Waals surface area contributed by atoms with E-state index in [1.807, 2.05) is 19.1 Å². The molecule has 2 aromatic carbocycles.